The van der Waals surface area contributed by atoms with Gasteiger partial charge < -0.3 is 20.3 Å². The molecule has 1 saturated heterocycles. The number of rotatable bonds is 9. The SMILES string of the molecule is CCNC(=NCC(=O)N1CCCC1)NCCCOC(C)c1ccccc1.I. The Morgan fingerprint density at radius 3 is 2.59 bits per heavy atom. The number of nitrogens with zero attached hydrogens (tertiary/aromatic N) is 2. The van der Waals surface area contributed by atoms with Gasteiger partial charge in [-0.25, -0.2) is 4.99 Å². The van der Waals surface area contributed by atoms with E-state index in [0.29, 0.717) is 12.6 Å². The molecule has 1 heterocycles. The Morgan fingerprint density at radius 1 is 1.22 bits per heavy atom. The number of amides is 1. The zero-order chi connectivity index (χ0) is 18.6. The molecule has 6 nitrogen and oxygen atoms in total. The van der Waals surface area contributed by atoms with Crippen LogP contribution in [-0.2, 0) is 9.53 Å². The number of ether oxygens (including phenoxy) is 1. The molecule has 1 aliphatic rings. The van der Waals surface area contributed by atoms with E-state index in [9.17, 15) is 4.79 Å². The number of hydrogen-bond acceptors (Lipinski definition) is 3. The number of halogens is 1. The molecule has 1 unspecified atom stereocenters. The number of nitrogens with one attached hydrogen (secondary N) is 2. The summed E-state index contributed by atoms with van der Waals surface area (Å²) >= 11 is 0. The first-order chi connectivity index (χ1) is 12.7. The minimum absolute atomic E-state index is 0. The minimum Gasteiger partial charge on any atom is -0.374 e. The molecule has 0 aliphatic carbocycles. The molecular formula is C20H33IN4O2. The van der Waals surface area contributed by atoms with E-state index in [0.717, 1.165) is 45.4 Å². The molecule has 0 aromatic heterocycles. The molecule has 1 atom stereocenters. The van der Waals surface area contributed by atoms with Gasteiger partial charge in [0.15, 0.2) is 5.96 Å². The predicted molar refractivity (Wildman–Crippen MR) is 121 cm³/mol. The number of carbonyl (C=O) groups is 1. The van der Waals surface area contributed by atoms with Gasteiger partial charge in [0.05, 0.1) is 6.10 Å². The molecule has 0 spiro atoms. The Kier molecular flexibility index (Phi) is 12.1. The lowest BCUT2D eigenvalue weighted by Crippen LogP contribution is -2.39. The van der Waals surface area contributed by atoms with Crippen LogP contribution in [0.3, 0.4) is 0 Å². The third-order valence-electron chi connectivity index (χ3n) is 4.43. The third-order valence-corrected chi connectivity index (χ3v) is 4.43. The Balaban J connectivity index is 0.00000364. The van der Waals surface area contributed by atoms with Crippen molar-refractivity contribution in [2.75, 3.05) is 39.3 Å². The van der Waals surface area contributed by atoms with Crippen LogP contribution in [0.1, 0.15) is 44.8 Å². The average molecular weight is 488 g/mol. The van der Waals surface area contributed by atoms with Gasteiger partial charge >= 0.3 is 0 Å². The van der Waals surface area contributed by atoms with E-state index in [2.05, 4.69) is 34.7 Å². The van der Waals surface area contributed by atoms with Crippen LogP contribution in [0, 0.1) is 0 Å². The summed E-state index contributed by atoms with van der Waals surface area (Å²) in [6, 6.07) is 10.2. The smallest absolute Gasteiger partial charge is 0.244 e. The summed E-state index contributed by atoms with van der Waals surface area (Å²) in [6.07, 6.45) is 3.18. The Labute approximate surface area is 180 Å². The van der Waals surface area contributed by atoms with Gasteiger partial charge in [-0.15, -0.1) is 24.0 Å². The fourth-order valence-electron chi connectivity index (χ4n) is 2.91. The third kappa shape index (κ3) is 8.92. The molecule has 1 aliphatic heterocycles. The van der Waals surface area contributed by atoms with Gasteiger partial charge in [0.25, 0.3) is 0 Å². The summed E-state index contributed by atoms with van der Waals surface area (Å²) in [6.45, 7) is 8.23. The molecule has 0 saturated carbocycles. The average Bonchev–Trinajstić information content (AvgIpc) is 3.21. The predicted octanol–water partition coefficient (Wildman–Crippen LogP) is 2.95. The highest BCUT2D eigenvalue weighted by Gasteiger charge is 2.17. The number of hydrogen-bond donors (Lipinski definition) is 2. The van der Waals surface area contributed by atoms with Crippen molar-refractivity contribution < 1.29 is 9.53 Å². The summed E-state index contributed by atoms with van der Waals surface area (Å²) in [5.74, 6) is 0.802. The first kappa shape index (κ1) is 23.7. The summed E-state index contributed by atoms with van der Waals surface area (Å²) < 4.78 is 5.87. The Morgan fingerprint density at radius 2 is 1.93 bits per heavy atom. The van der Waals surface area contributed by atoms with Crippen molar-refractivity contribution in [2.24, 2.45) is 4.99 Å². The zero-order valence-electron chi connectivity index (χ0n) is 16.4. The van der Waals surface area contributed by atoms with Crippen molar-refractivity contribution in [3.8, 4) is 0 Å². The largest absolute Gasteiger partial charge is 0.374 e. The molecule has 1 amide bonds. The lowest BCUT2D eigenvalue weighted by molar-refractivity contribution is -0.128. The molecule has 0 radical (unpaired) electrons. The summed E-state index contributed by atoms with van der Waals surface area (Å²) in [5, 5.41) is 6.45. The highest BCUT2D eigenvalue weighted by Crippen LogP contribution is 2.15. The normalized spacial score (nSPS) is 15.2. The second-order valence-corrected chi connectivity index (χ2v) is 6.49. The van der Waals surface area contributed by atoms with Gasteiger partial charge in [-0.3, -0.25) is 4.79 Å². The van der Waals surface area contributed by atoms with Crippen LogP contribution in [0.2, 0.25) is 0 Å². The van der Waals surface area contributed by atoms with E-state index in [1.165, 1.54) is 5.56 Å². The number of guanidine groups is 1. The Hall–Kier alpha value is -1.35. The van der Waals surface area contributed by atoms with Gasteiger partial charge in [0.1, 0.15) is 6.54 Å². The second-order valence-electron chi connectivity index (χ2n) is 6.49. The van der Waals surface area contributed by atoms with Crippen LogP contribution in [-0.4, -0.2) is 56.1 Å². The van der Waals surface area contributed by atoms with Crippen molar-refractivity contribution >= 4 is 35.8 Å². The molecule has 2 N–H and O–H groups in total. The molecule has 7 heteroatoms. The maximum Gasteiger partial charge on any atom is 0.244 e. The Bertz CT molecular complexity index is 562. The quantitative estimate of drug-likeness (QED) is 0.243. The minimum atomic E-state index is 0. The highest BCUT2D eigenvalue weighted by atomic mass is 127. The van der Waals surface area contributed by atoms with Crippen molar-refractivity contribution in [1.82, 2.24) is 15.5 Å². The molecule has 1 aromatic carbocycles. The summed E-state index contributed by atoms with van der Waals surface area (Å²) in [5.41, 5.74) is 1.19. The van der Waals surface area contributed by atoms with E-state index in [1.807, 2.05) is 30.0 Å². The maximum absolute atomic E-state index is 12.1. The monoisotopic (exact) mass is 488 g/mol. The molecular weight excluding hydrogens is 455 g/mol. The summed E-state index contributed by atoms with van der Waals surface area (Å²) in [4.78, 5) is 18.4. The fraction of sp³-hybridized carbons (Fsp3) is 0.600. The van der Waals surface area contributed by atoms with Crippen LogP contribution in [0.25, 0.3) is 0 Å². The van der Waals surface area contributed by atoms with Crippen LogP contribution >= 0.6 is 24.0 Å². The first-order valence-electron chi connectivity index (χ1n) is 9.67. The van der Waals surface area contributed by atoms with Crippen molar-refractivity contribution in [3.63, 3.8) is 0 Å². The van der Waals surface area contributed by atoms with E-state index in [1.54, 1.807) is 0 Å². The number of aliphatic imine (C=N–C) groups is 1. The van der Waals surface area contributed by atoms with Crippen LogP contribution in [0.5, 0.6) is 0 Å². The van der Waals surface area contributed by atoms with Crippen molar-refractivity contribution in [2.45, 2.75) is 39.2 Å². The van der Waals surface area contributed by atoms with Gasteiger partial charge in [-0.2, -0.15) is 0 Å². The topological polar surface area (TPSA) is 66.0 Å². The van der Waals surface area contributed by atoms with Gasteiger partial charge in [0, 0.05) is 32.8 Å². The highest BCUT2D eigenvalue weighted by molar-refractivity contribution is 14.0. The van der Waals surface area contributed by atoms with E-state index in [-0.39, 0.29) is 42.5 Å². The fourth-order valence-corrected chi connectivity index (χ4v) is 2.91. The van der Waals surface area contributed by atoms with E-state index < -0.39 is 0 Å². The van der Waals surface area contributed by atoms with Crippen LogP contribution in [0.15, 0.2) is 35.3 Å². The second kappa shape index (κ2) is 13.8. The zero-order valence-corrected chi connectivity index (χ0v) is 18.8. The van der Waals surface area contributed by atoms with Crippen LogP contribution < -0.4 is 10.6 Å². The standard InChI is InChI=1S/C20H32N4O2.HI/c1-3-21-20(23-16-19(25)24-13-7-8-14-24)22-12-9-15-26-17(2)18-10-5-4-6-11-18;/h4-6,10-11,17H,3,7-9,12-16H2,1-2H3,(H2,21,22,23);1H. The molecule has 152 valence electrons. The van der Waals surface area contributed by atoms with E-state index in [4.69, 9.17) is 4.74 Å². The first-order valence-corrected chi connectivity index (χ1v) is 9.67. The van der Waals surface area contributed by atoms with Crippen molar-refractivity contribution in [3.05, 3.63) is 35.9 Å². The number of benzene rings is 1. The maximum atomic E-state index is 12.1. The molecule has 1 aromatic rings. The molecule has 1 fully saturated rings. The molecule has 0 bridgehead atoms. The van der Waals surface area contributed by atoms with E-state index >= 15 is 0 Å². The molecule has 2 rings (SSSR count). The van der Waals surface area contributed by atoms with Crippen molar-refractivity contribution in [1.29, 1.82) is 0 Å². The van der Waals surface area contributed by atoms with Gasteiger partial charge in [0.2, 0.25) is 5.91 Å². The lowest BCUT2D eigenvalue weighted by atomic mass is 10.1. The van der Waals surface area contributed by atoms with Gasteiger partial charge in [-0.05, 0) is 38.7 Å². The lowest BCUT2D eigenvalue weighted by Gasteiger charge is -2.16. The van der Waals surface area contributed by atoms with Crippen LogP contribution in [0.4, 0.5) is 0 Å². The molecule has 27 heavy (non-hydrogen) atoms. The number of carbonyl (C=O) groups excluding carboxylic acids is 1. The summed E-state index contributed by atoms with van der Waals surface area (Å²) in [7, 11) is 0. The van der Waals surface area contributed by atoms with Gasteiger partial charge in [-0.1, -0.05) is 30.3 Å². The number of likely N-dealkylation sites (tertiary alicyclic amines) is 1.